The molecule has 1 N–H and O–H groups in total. The predicted molar refractivity (Wildman–Crippen MR) is 71.8 cm³/mol. The van der Waals surface area contributed by atoms with Gasteiger partial charge in [0.2, 0.25) is 11.8 Å². The fourth-order valence-electron chi connectivity index (χ4n) is 2.75. The van der Waals surface area contributed by atoms with Crippen LogP contribution in [0.25, 0.3) is 0 Å². The highest BCUT2D eigenvalue weighted by Gasteiger charge is 2.47. The van der Waals surface area contributed by atoms with Gasteiger partial charge < -0.3 is 15.0 Å². The number of halogens is 2. The number of hydrogen-bond donors (Lipinski definition) is 1. The Balaban J connectivity index is 1.99. The first kappa shape index (κ1) is 16.1. The minimum Gasteiger partial charge on any atom is -0.374 e. The first-order valence-corrected chi connectivity index (χ1v) is 7.38. The average Bonchev–Trinajstić information content (AvgIpc) is 3.21. The zero-order valence-electron chi connectivity index (χ0n) is 12.4. The lowest BCUT2D eigenvalue weighted by molar-refractivity contribution is -0.152. The topological polar surface area (TPSA) is 58.6 Å². The third kappa shape index (κ3) is 3.90. The largest absolute Gasteiger partial charge is 0.374 e. The number of amides is 2. The van der Waals surface area contributed by atoms with Crippen LogP contribution < -0.4 is 5.32 Å². The van der Waals surface area contributed by atoms with E-state index in [1.807, 2.05) is 13.8 Å². The van der Waals surface area contributed by atoms with Crippen molar-refractivity contribution in [1.29, 1.82) is 0 Å². The first-order valence-electron chi connectivity index (χ1n) is 7.38. The van der Waals surface area contributed by atoms with Gasteiger partial charge >= 0.3 is 0 Å². The predicted octanol–water partition coefficient (Wildman–Crippen LogP) is 1.03. The molecule has 0 bridgehead atoms. The van der Waals surface area contributed by atoms with Gasteiger partial charge in [0, 0.05) is 6.54 Å². The van der Waals surface area contributed by atoms with Gasteiger partial charge in [-0.2, -0.15) is 0 Å². The van der Waals surface area contributed by atoms with Gasteiger partial charge in [-0.1, -0.05) is 13.8 Å². The van der Waals surface area contributed by atoms with Gasteiger partial charge in [-0.25, -0.2) is 8.78 Å². The number of nitrogens with one attached hydrogen (secondary N) is 1. The van der Waals surface area contributed by atoms with Crippen LogP contribution in [0.2, 0.25) is 0 Å². The summed E-state index contributed by atoms with van der Waals surface area (Å²) < 4.78 is 28.9. The second kappa shape index (κ2) is 6.68. The molecule has 0 spiro atoms. The van der Waals surface area contributed by atoms with E-state index in [9.17, 15) is 18.4 Å². The van der Waals surface area contributed by atoms with Crippen molar-refractivity contribution >= 4 is 11.8 Å². The Morgan fingerprint density at radius 1 is 1.33 bits per heavy atom. The fraction of sp³-hybridized carbons (Fsp3) is 0.857. The van der Waals surface area contributed by atoms with Crippen molar-refractivity contribution < 1.29 is 23.1 Å². The Kier molecular flexibility index (Phi) is 5.13. The maximum atomic E-state index is 12.5. The smallest absolute Gasteiger partial charge is 0.261 e. The van der Waals surface area contributed by atoms with E-state index in [-0.39, 0.29) is 36.8 Å². The number of carbonyl (C=O) groups excluding carboxylic acids is 2. The Labute approximate surface area is 123 Å². The molecule has 0 aromatic rings. The molecule has 7 heteroatoms. The minimum absolute atomic E-state index is 0.0178. The number of hydrogen-bond acceptors (Lipinski definition) is 3. The fourth-order valence-corrected chi connectivity index (χ4v) is 2.75. The standard InChI is InChI=1S/C14H22F2N2O3/c1-8(2)12-13(19)17-11(9-3-4-9)14(20)18(12)5-6-21-7-10(15)16/h8-12H,3-7H2,1-2H3,(H,17,19). The summed E-state index contributed by atoms with van der Waals surface area (Å²) >= 11 is 0. The van der Waals surface area contributed by atoms with Crippen LogP contribution >= 0.6 is 0 Å². The summed E-state index contributed by atoms with van der Waals surface area (Å²) in [5.74, 6) is -0.0879. The SMILES string of the molecule is CC(C)C1C(=O)NC(C2CC2)C(=O)N1CCOCC(F)F. The molecule has 1 aliphatic heterocycles. The van der Waals surface area contributed by atoms with Gasteiger partial charge in [-0.05, 0) is 24.7 Å². The van der Waals surface area contributed by atoms with Crippen LogP contribution in [-0.2, 0) is 14.3 Å². The molecule has 2 atom stereocenters. The quantitative estimate of drug-likeness (QED) is 0.715. The molecule has 2 fully saturated rings. The number of rotatable bonds is 7. The van der Waals surface area contributed by atoms with E-state index < -0.39 is 25.1 Å². The third-order valence-electron chi connectivity index (χ3n) is 3.90. The molecule has 2 amide bonds. The van der Waals surface area contributed by atoms with Crippen LogP contribution in [0.4, 0.5) is 8.78 Å². The van der Waals surface area contributed by atoms with Gasteiger partial charge in [0.15, 0.2) is 0 Å². The van der Waals surface area contributed by atoms with Crippen molar-refractivity contribution in [3.05, 3.63) is 0 Å². The monoisotopic (exact) mass is 304 g/mol. The molecule has 5 nitrogen and oxygen atoms in total. The molecular formula is C14H22F2N2O3. The molecule has 1 heterocycles. The van der Waals surface area contributed by atoms with Gasteiger partial charge in [-0.15, -0.1) is 0 Å². The number of ether oxygens (including phenoxy) is 1. The summed E-state index contributed by atoms with van der Waals surface area (Å²) in [7, 11) is 0. The van der Waals surface area contributed by atoms with Gasteiger partial charge in [-0.3, -0.25) is 9.59 Å². The molecule has 1 saturated heterocycles. The summed E-state index contributed by atoms with van der Waals surface area (Å²) in [6.07, 6.45) is -0.636. The van der Waals surface area contributed by atoms with Gasteiger partial charge in [0.1, 0.15) is 18.7 Å². The zero-order chi connectivity index (χ0) is 15.6. The molecular weight excluding hydrogens is 282 g/mol. The summed E-state index contributed by atoms with van der Waals surface area (Å²) in [5.41, 5.74) is 0. The second-order valence-corrected chi connectivity index (χ2v) is 6.01. The van der Waals surface area contributed by atoms with E-state index in [0.29, 0.717) is 0 Å². The normalized spacial score (nSPS) is 26.7. The minimum atomic E-state index is -2.52. The summed E-state index contributed by atoms with van der Waals surface area (Å²) in [6, 6.07) is -1.01. The van der Waals surface area contributed by atoms with Crippen LogP contribution in [0.15, 0.2) is 0 Å². The van der Waals surface area contributed by atoms with Crippen LogP contribution in [0.5, 0.6) is 0 Å². The molecule has 2 unspecified atom stereocenters. The number of carbonyl (C=O) groups is 2. The molecule has 2 aliphatic rings. The van der Waals surface area contributed by atoms with Crippen molar-refractivity contribution in [3.63, 3.8) is 0 Å². The van der Waals surface area contributed by atoms with E-state index in [0.717, 1.165) is 12.8 Å². The highest BCUT2D eigenvalue weighted by Crippen LogP contribution is 2.35. The van der Waals surface area contributed by atoms with Gasteiger partial charge in [0.05, 0.1) is 6.61 Å². The molecule has 21 heavy (non-hydrogen) atoms. The van der Waals surface area contributed by atoms with Crippen molar-refractivity contribution in [2.45, 2.75) is 45.2 Å². The number of piperazine rings is 1. The number of nitrogens with zero attached hydrogens (tertiary/aromatic N) is 1. The molecule has 120 valence electrons. The molecule has 1 aliphatic carbocycles. The van der Waals surface area contributed by atoms with Gasteiger partial charge in [0.25, 0.3) is 6.43 Å². The van der Waals surface area contributed by atoms with E-state index in [1.54, 1.807) is 0 Å². The maximum Gasteiger partial charge on any atom is 0.261 e. The lowest BCUT2D eigenvalue weighted by atomic mass is 9.95. The molecule has 0 aromatic carbocycles. The van der Waals surface area contributed by atoms with Crippen LogP contribution in [0, 0.1) is 11.8 Å². The zero-order valence-corrected chi connectivity index (χ0v) is 12.4. The van der Waals surface area contributed by atoms with Crippen molar-refractivity contribution in [3.8, 4) is 0 Å². The van der Waals surface area contributed by atoms with E-state index in [2.05, 4.69) is 5.32 Å². The second-order valence-electron chi connectivity index (χ2n) is 6.01. The van der Waals surface area contributed by atoms with Crippen LogP contribution in [0.3, 0.4) is 0 Å². The Morgan fingerprint density at radius 3 is 2.52 bits per heavy atom. The van der Waals surface area contributed by atoms with Crippen molar-refractivity contribution in [2.24, 2.45) is 11.8 Å². The molecule has 2 rings (SSSR count). The van der Waals surface area contributed by atoms with Crippen molar-refractivity contribution in [2.75, 3.05) is 19.8 Å². The molecule has 0 radical (unpaired) electrons. The summed E-state index contributed by atoms with van der Waals surface area (Å²) in [6.45, 7) is 3.27. The highest BCUT2D eigenvalue weighted by molar-refractivity contribution is 5.97. The highest BCUT2D eigenvalue weighted by atomic mass is 19.3. The lowest BCUT2D eigenvalue weighted by Gasteiger charge is -2.41. The van der Waals surface area contributed by atoms with E-state index >= 15 is 0 Å². The summed E-state index contributed by atoms with van der Waals surface area (Å²) in [4.78, 5) is 26.2. The lowest BCUT2D eigenvalue weighted by Crippen LogP contribution is -2.65. The maximum absolute atomic E-state index is 12.5. The third-order valence-corrected chi connectivity index (χ3v) is 3.90. The van der Waals surface area contributed by atoms with Crippen molar-refractivity contribution in [1.82, 2.24) is 10.2 Å². The Hall–Kier alpha value is -1.24. The van der Waals surface area contributed by atoms with E-state index in [4.69, 9.17) is 4.74 Å². The van der Waals surface area contributed by atoms with Crippen LogP contribution in [-0.4, -0.2) is 55.0 Å². The Bertz CT molecular complexity index is 400. The summed E-state index contributed by atoms with van der Waals surface area (Å²) in [5, 5.41) is 2.81. The Morgan fingerprint density at radius 2 is 2.00 bits per heavy atom. The first-order chi connectivity index (χ1) is 9.91. The molecule has 0 aromatic heterocycles. The van der Waals surface area contributed by atoms with Crippen LogP contribution in [0.1, 0.15) is 26.7 Å². The average molecular weight is 304 g/mol. The van der Waals surface area contributed by atoms with E-state index in [1.165, 1.54) is 4.90 Å². The number of alkyl halides is 2. The molecule has 1 saturated carbocycles.